The van der Waals surface area contributed by atoms with Gasteiger partial charge >= 0.3 is 0 Å². The van der Waals surface area contributed by atoms with Crippen LogP contribution in [0.2, 0.25) is 0 Å². The Morgan fingerprint density at radius 2 is 1.92 bits per heavy atom. The molecule has 0 aliphatic rings. The number of ether oxygens (including phenoxy) is 2. The third-order valence-corrected chi connectivity index (χ3v) is 4.74. The zero-order valence-electron chi connectivity index (χ0n) is 14.7. The van der Waals surface area contributed by atoms with Crippen LogP contribution < -0.4 is 14.8 Å². The fraction of sp³-hybridized carbons (Fsp3) is 0.316. The van der Waals surface area contributed by atoms with Gasteiger partial charge in [-0.1, -0.05) is 29.8 Å². The monoisotopic (exact) mass is 469 g/mol. The van der Waals surface area contributed by atoms with E-state index in [2.05, 4.69) is 51.0 Å². The molecule has 0 unspecified atom stereocenters. The number of benzene rings is 2. The number of halogens is 2. The summed E-state index contributed by atoms with van der Waals surface area (Å²) in [6.07, 6.45) is 0. The van der Waals surface area contributed by atoms with Crippen molar-refractivity contribution in [3.8, 4) is 11.5 Å². The number of amides is 1. The second-order valence-corrected chi connectivity index (χ2v) is 7.53. The summed E-state index contributed by atoms with van der Waals surface area (Å²) in [6, 6.07) is 9.26. The first-order valence-electron chi connectivity index (χ1n) is 7.98. The Bertz CT molecular complexity index is 776. The number of carbonyl (C=O) groups is 1. The van der Waals surface area contributed by atoms with Gasteiger partial charge in [0.25, 0.3) is 5.91 Å². The Morgan fingerprint density at radius 1 is 1.20 bits per heavy atom. The summed E-state index contributed by atoms with van der Waals surface area (Å²) in [4.78, 5) is 12.7. The standard InChI is InChI=1S/C19H21Br2NO3/c1-5-25-17-9-12(8-15(21)18(17)24-4)19(23)22-16-7-6-13(20)10-14(16)11(2)3/h6-11H,5H2,1-4H3,(H,22,23). The lowest BCUT2D eigenvalue weighted by Gasteiger charge is -2.16. The lowest BCUT2D eigenvalue weighted by atomic mass is 10.0. The molecule has 0 aliphatic carbocycles. The molecule has 6 heteroatoms. The molecule has 0 saturated heterocycles. The van der Waals surface area contributed by atoms with Crippen LogP contribution in [0.1, 0.15) is 42.6 Å². The van der Waals surface area contributed by atoms with Crippen LogP contribution in [-0.4, -0.2) is 19.6 Å². The third kappa shape index (κ3) is 4.76. The highest BCUT2D eigenvalue weighted by Crippen LogP contribution is 2.37. The van der Waals surface area contributed by atoms with Crippen molar-refractivity contribution < 1.29 is 14.3 Å². The fourth-order valence-corrected chi connectivity index (χ4v) is 3.46. The van der Waals surface area contributed by atoms with Crippen LogP contribution in [0.4, 0.5) is 5.69 Å². The van der Waals surface area contributed by atoms with Gasteiger partial charge in [-0.05, 0) is 64.7 Å². The van der Waals surface area contributed by atoms with Crippen molar-refractivity contribution in [3.05, 3.63) is 50.4 Å². The first kappa shape index (κ1) is 19.8. The summed E-state index contributed by atoms with van der Waals surface area (Å²) in [7, 11) is 1.57. The predicted octanol–water partition coefficient (Wildman–Crippen LogP) is 5.99. The number of carbonyl (C=O) groups excluding carboxylic acids is 1. The highest BCUT2D eigenvalue weighted by atomic mass is 79.9. The Morgan fingerprint density at radius 3 is 2.52 bits per heavy atom. The average molecular weight is 471 g/mol. The molecule has 0 aliphatic heterocycles. The number of nitrogens with one attached hydrogen (secondary N) is 1. The maximum atomic E-state index is 12.7. The van der Waals surface area contributed by atoms with E-state index < -0.39 is 0 Å². The normalized spacial score (nSPS) is 10.7. The molecule has 0 atom stereocenters. The Balaban J connectivity index is 2.36. The minimum Gasteiger partial charge on any atom is -0.492 e. The molecule has 0 spiro atoms. The van der Waals surface area contributed by atoms with Crippen LogP contribution in [-0.2, 0) is 0 Å². The van der Waals surface area contributed by atoms with Crippen LogP contribution >= 0.6 is 31.9 Å². The third-order valence-electron chi connectivity index (χ3n) is 3.66. The van der Waals surface area contributed by atoms with E-state index in [1.54, 1.807) is 19.2 Å². The molecular weight excluding hydrogens is 450 g/mol. The lowest BCUT2D eigenvalue weighted by molar-refractivity contribution is 0.102. The molecule has 0 aromatic heterocycles. The SMILES string of the molecule is CCOc1cc(C(=O)Nc2ccc(Br)cc2C(C)C)cc(Br)c1OC. The lowest BCUT2D eigenvalue weighted by Crippen LogP contribution is -2.14. The summed E-state index contributed by atoms with van der Waals surface area (Å²) < 4.78 is 12.6. The molecule has 1 N–H and O–H groups in total. The van der Waals surface area contributed by atoms with Crippen LogP contribution in [0, 0.1) is 0 Å². The predicted molar refractivity (Wildman–Crippen MR) is 108 cm³/mol. The van der Waals surface area contributed by atoms with Gasteiger partial charge in [0.2, 0.25) is 0 Å². The Hall–Kier alpha value is -1.53. The molecule has 2 aromatic rings. The number of rotatable bonds is 6. The topological polar surface area (TPSA) is 47.6 Å². The molecule has 2 aromatic carbocycles. The van der Waals surface area contributed by atoms with Gasteiger partial charge in [0.15, 0.2) is 11.5 Å². The van der Waals surface area contributed by atoms with Crippen molar-refractivity contribution in [1.82, 2.24) is 0 Å². The minimum absolute atomic E-state index is 0.200. The molecule has 4 nitrogen and oxygen atoms in total. The summed E-state index contributed by atoms with van der Waals surface area (Å²) in [6.45, 7) is 6.55. The molecular formula is C19H21Br2NO3. The zero-order valence-corrected chi connectivity index (χ0v) is 17.8. The molecule has 134 valence electrons. The van der Waals surface area contributed by atoms with E-state index in [4.69, 9.17) is 9.47 Å². The second kappa shape index (κ2) is 8.72. The summed E-state index contributed by atoms with van der Waals surface area (Å²) in [5.74, 6) is 1.19. The van der Waals surface area contributed by atoms with Crippen molar-refractivity contribution in [2.24, 2.45) is 0 Å². The van der Waals surface area contributed by atoms with E-state index in [1.807, 2.05) is 25.1 Å². The van der Waals surface area contributed by atoms with Gasteiger partial charge in [-0.2, -0.15) is 0 Å². The molecule has 0 bridgehead atoms. The summed E-state index contributed by atoms with van der Waals surface area (Å²) in [5.41, 5.74) is 2.36. The Labute approximate surface area is 165 Å². The van der Waals surface area contributed by atoms with Crippen molar-refractivity contribution >= 4 is 43.5 Å². The maximum absolute atomic E-state index is 12.7. The Kier molecular flexibility index (Phi) is 6.90. The fourth-order valence-electron chi connectivity index (χ4n) is 2.48. The van der Waals surface area contributed by atoms with Gasteiger partial charge in [0.1, 0.15) is 0 Å². The highest BCUT2D eigenvalue weighted by Gasteiger charge is 2.17. The summed E-state index contributed by atoms with van der Waals surface area (Å²) >= 11 is 6.92. The zero-order chi connectivity index (χ0) is 18.6. The quantitative estimate of drug-likeness (QED) is 0.563. The van der Waals surface area contributed by atoms with Gasteiger partial charge in [0, 0.05) is 15.7 Å². The average Bonchev–Trinajstić information content (AvgIpc) is 2.56. The van der Waals surface area contributed by atoms with Gasteiger partial charge < -0.3 is 14.8 Å². The minimum atomic E-state index is -0.200. The van der Waals surface area contributed by atoms with E-state index in [9.17, 15) is 4.79 Å². The first-order valence-corrected chi connectivity index (χ1v) is 9.57. The second-order valence-electron chi connectivity index (χ2n) is 5.76. The van der Waals surface area contributed by atoms with Crippen LogP contribution in [0.3, 0.4) is 0 Å². The molecule has 2 rings (SSSR count). The van der Waals surface area contributed by atoms with Gasteiger partial charge in [-0.15, -0.1) is 0 Å². The molecule has 0 radical (unpaired) electrons. The van der Waals surface area contributed by atoms with Gasteiger partial charge in [0.05, 0.1) is 18.2 Å². The molecule has 0 fully saturated rings. The summed E-state index contributed by atoms with van der Waals surface area (Å²) in [5, 5.41) is 2.99. The van der Waals surface area contributed by atoms with E-state index >= 15 is 0 Å². The molecule has 25 heavy (non-hydrogen) atoms. The maximum Gasteiger partial charge on any atom is 0.255 e. The van der Waals surface area contributed by atoms with E-state index in [0.29, 0.717) is 28.1 Å². The van der Waals surface area contributed by atoms with Gasteiger partial charge in [-0.3, -0.25) is 4.79 Å². The van der Waals surface area contributed by atoms with E-state index in [0.717, 1.165) is 15.7 Å². The van der Waals surface area contributed by atoms with Gasteiger partial charge in [-0.25, -0.2) is 0 Å². The number of anilines is 1. The van der Waals surface area contributed by atoms with E-state index in [-0.39, 0.29) is 11.8 Å². The smallest absolute Gasteiger partial charge is 0.255 e. The number of hydrogen-bond donors (Lipinski definition) is 1. The number of methoxy groups -OCH3 is 1. The molecule has 1 amide bonds. The van der Waals surface area contributed by atoms with Crippen LogP contribution in [0.15, 0.2) is 39.3 Å². The van der Waals surface area contributed by atoms with Crippen molar-refractivity contribution in [2.45, 2.75) is 26.7 Å². The van der Waals surface area contributed by atoms with Crippen molar-refractivity contribution in [1.29, 1.82) is 0 Å². The largest absolute Gasteiger partial charge is 0.492 e. The van der Waals surface area contributed by atoms with Crippen LogP contribution in [0.25, 0.3) is 0 Å². The van der Waals surface area contributed by atoms with E-state index in [1.165, 1.54) is 0 Å². The highest BCUT2D eigenvalue weighted by molar-refractivity contribution is 9.10. The first-order chi connectivity index (χ1) is 11.9. The van der Waals surface area contributed by atoms with Crippen molar-refractivity contribution in [2.75, 3.05) is 19.0 Å². The number of hydrogen-bond acceptors (Lipinski definition) is 3. The van der Waals surface area contributed by atoms with Crippen LogP contribution in [0.5, 0.6) is 11.5 Å². The molecule has 0 heterocycles. The van der Waals surface area contributed by atoms with Crippen molar-refractivity contribution in [3.63, 3.8) is 0 Å². The molecule has 0 saturated carbocycles.